The fourth-order valence-corrected chi connectivity index (χ4v) is 8.33. The lowest BCUT2D eigenvalue weighted by atomic mass is 9.54. The molecule has 1 saturated heterocycles. The van der Waals surface area contributed by atoms with Crippen LogP contribution in [-0.2, 0) is 14.8 Å². The number of carbonyl (C=O) groups is 1. The molecule has 9 heteroatoms. The summed E-state index contributed by atoms with van der Waals surface area (Å²) >= 11 is 1.37. The van der Waals surface area contributed by atoms with Crippen molar-refractivity contribution >= 4 is 27.7 Å². The van der Waals surface area contributed by atoms with Gasteiger partial charge in [-0.05, 0) is 75.0 Å². The van der Waals surface area contributed by atoms with Crippen molar-refractivity contribution in [2.75, 3.05) is 39.0 Å². The molecule has 0 unspecified atom stereocenters. The topological polar surface area (TPSA) is 82.6 Å². The standard InChI is InChI=1S/C22H32N4O3S2/c1-25-4-6-26(7-5-25)31(28,29)19-2-3-21(23-13-19)30-14-20(27)24-22-17-9-15-8-16(11-17)12-18(22)10-15/h2-3,13,15-18,22H,4-12,14H2,1H3,(H,24,27). The molecule has 31 heavy (non-hydrogen) atoms. The second-order valence-corrected chi connectivity index (χ2v) is 12.8. The lowest BCUT2D eigenvalue weighted by molar-refractivity contribution is -0.122. The van der Waals surface area contributed by atoms with Gasteiger partial charge in [0, 0.05) is 38.4 Å². The highest BCUT2D eigenvalue weighted by Crippen LogP contribution is 2.53. The highest BCUT2D eigenvalue weighted by atomic mass is 32.2. The Morgan fingerprint density at radius 1 is 1.06 bits per heavy atom. The van der Waals surface area contributed by atoms with E-state index in [0.717, 1.165) is 24.9 Å². The minimum absolute atomic E-state index is 0.0680. The molecular formula is C22H32N4O3S2. The van der Waals surface area contributed by atoms with E-state index >= 15 is 0 Å². The average Bonchev–Trinajstić information content (AvgIpc) is 2.75. The molecule has 170 valence electrons. The van der Waals surface area contributed by atoms with Crippen LogP contribution >= 0.6 is 11.8 Å². The Kier molecular flexibility index (Phi) is 6.05. The van der Waals surface area contributed by atoms with Crippen molar-refractivity contribution < 1.29 is 13.2 Å². The first kappa shape index (κ1) is 21.7. The number of aromatic nitrogens is 1. The summed E-state index contributed by atoms with van der Waals surface area (Å²) in [5.41, 5.74) is 0. The van der Waals surface area contributed by atoms with Gasteiger partial charge in [0.25, 0.3) is 0 Å². The van der Waals surface area contributed by atoms with Crippen molar-refractivity contribution in [3.8, 4) is 0 Å². The molecule has 5 aliphatic rings. The molecule has 1 aromatic heterocycles. The van der Waals surface area contributed by atoms with Crippen LogP contribution in [0.4, 0.5) is 0 Å². The summed E-state index contributed by atoms with van der Waals surface area (Å²) in [5, 5.41) is 4.00. The fourth-order valence-electron chi connectivity index (χ4n) is 6.31. The van der Waals surface area contributed by atoms with E-state index < -0.39 is 10.0 Å². The number of rotatable bonds is 6. The first-order valence-electron chi connectivity index (χ1n) is 11.5. The highest BCUT2D eigenvalue weighted by molar-refractivity contribution is 7.99. The van der Waals surface area contributed by atoms with Crippen LogP contribution in [0.15, 0.2) is 28.3 Å². The summed E-state index contributed by atoms with van der Waals surface area (Å²) in [6.45, 7) is 2.47. The summed E-state index contributed by atoms with van der Waals surface area (Å²) in [5.74, 6) is 3.52. The molecule has 4 aliphatic carbocycles. The molecule has 0 atom stereocenters. The van der Waals surface area contributed by atoms with E-state index in [1.807, 2.05) is 7.05 Å². The molecule has 4 saturated carbocycles. The van der Waals surface area contributed by atoms with Crippen molar-refractivity contribution in [1.29, 1.82) is 0 Å². The number of hydrogen-bond acceptors (Lipinski definition) is 6. The van der Waals surface area contributed by atoms with Gasteiger partial charge < -0.3 is 10.2 Å². The Hall–Kier alpha value is -1.16. The summed E-state index contributed by atoms with van der Waals surface area (Å²) < 4.78 is 27.1. The van der Waals surface area contributed by atoms with Gasteiger partial charge in [-0.15, -0.1) is 0 Å². The third kappa shape index (κ3) is 4.51. The normalized spacial score (nSPS) is 33.5. The van der Waals surface area contributed by atoms with E-state index in [1.54, 1.807) is 12.1 Å². The third-order valence-corrected chi connectivity index (χ3v) is 10.5. The molecule has 6 rings (SSSR count). The Bertz CT molecular complexity index is 885. The smallest absolute Gasteiger partial charge is 0.244 e. The zero-order chi connectivity index (χ0) is 21.6. The zero-order valence-electron chi connectivity index (χ0n) is 18.1. The Labute approximate surface area is 189 Å². The van der Waals surface area contributed by atoms with Crippen molar-refractivity contribution in [3.05, 3.63) is 18.3 Å². The number of carbonyl (C=O) groups excluding carboxylic acids is 1. The number of piperazine rings is 1. The van der Waals surface area contributed by atoms with Crippen molar-refractivity contribution in [2.45, 2.75) is 48.1 Å². The van der Waals surface area contributed by atoms with E-state index in [9.17, 15) is 13.2 Å². The van der Waals surface area contributed by atoms with Gasteiger partial charge in [-0.2, -0.15) is 4.31 Å². The van der Waals surface area contributed by atoms with E-state index in [1.165, 1.54) is 54.4 Å². The lowest BCUT2D eigenvalue weighted by Gasteiger charge is -2.54. The number of nitrogens with zero attached hydrogens (tertiary/aromatic N) is 3. The summed E-state index contributed by atoms with van der Waals surface area (Å²) in [6, 6.07) is 3.67. The largest absolute Gasteiger partial charge is 0.352 e. The Morgan fingerprint density at radius 2 is 1.71 bits per heavy atom. The molecule has 4 bridgehead atoms. The second-order valence-electron chi connectivity index (χ2n) is 9.85. The van der Waals surface area contributed by atoms with Gasteiger partial charge >= 0.3 is 0 Å². The van der Waals surface area contributed by atoms with Crippen LogP contribution in [0.3, 0.4) is 0 Å². The quantitative estimate of drug-likeness (QED) is 0.649. The monoisotopic (exact) mass is 464 g/mol. The molecule has 0 radical (unpaired) electrons. The lowest BCUT2D eigenvalue weighted by Crippen LogP contribution is -2.56. The van der Waals surface area contributed by atoms with Gasteiger partial charge in [0.05, 0.1) is 10.8 Å². The first-order chi connectivity index (χ1) is 14.9. The van der Waals surface area contributed by atoms with Gasteiger partial charge in [0.15, 0.2) is 0 Å². The van der Waals surface area contributed by atoms with Gasteiger partial charge in [-0.3, -0.25) is 4.79 Å². The Morgan fingerprint density at radius 3 is 2.29 bits per heavy atom. The fraction of sp³-hybridized carbons (Fsp3) is 0.727. The molecule has 5 fully saturated rings. The molecule has 1 aromatic rings. The zero-order valence-corrected chi connectivity index (χ0v) is 19.7. The summed E-state index contributed by atoms with van der Waals surface area (Å²) in [6.07, 6.45) is 7.99. The maximum atomic E-state index is 12.8. The molecule has 7 nitrogen and oxygen atoms in total. The van der Waals surface area contributed by atoms with Crippen LogP contribution in [0.2, 0.25) is 0 Å². The number of likely N-dealkylation sites (N-methyl/N-ethyl adjacent to an activating group) is 1. The first-order valence-corrected chi connectivity index (χ1v) is 13.9. The SMILES string of the molecule is CN1CCN(S(=O)(=O)c2ccc(SCC(=O)NC3C4CC5CC(C4)CC3C5)nc2)CC1. The molecule has 1 N–H and O–H groups in total. The molecular weight excluding hydrogens is 432 g/mol. The second kappa shape index (κ2) is 8.65. The van der Waals surface area contributed by atoms with Crippen LogP contribution in [0.25, 0.3) is 0 Å². The van der Waals surface area contributed by atoms with Crippen LogP contribution < -0.4 is 5.32 Å². The van der Waals surface area contributed by atoms with Crippen molar-refractivity contribution in [2.24, 2.45) is 23.7 Å². The number of amides is 1. The number of hydrogen-bond donors (Lipinski definition) is 1. The highest BCUT2D eigenvalue weighted by Gasteiger charge is 2.48. The van der Waals surface area contributed by atoms with Crippen LogP contribution in [0.1, 0.15) is 32.1 Å². The maximum Gasteiger partial charge on any atom is 0.244 e. The summed E-state index contributed by atoms with van der Waals surface area (Å²) in [4.78, 5) is 19.3. The molecule has 0 aromatic carbocycles. The number of nitrogens with one attached hydrogen (secondary N) is 1. The third-order valence-electron chi connectivity index (χ3n) is 7.71. The van der Waals surface area contributed by atoms with Gasteiger partial charge in [0.1, 0.15) is 4.90 Å². The van der Waals surface area contributed by atoms with Gasteiger partial charge in [-0.1, -0.05) is 11.8 Å². The van der Waals surface area contributed by atoms with Crippen LogP contribution in [0, 0.1) is 23.7 Å². The minimum Gasteiger partial charge on any atom is -0.352 e. The van der Waals surface area contributed by atoms with Gasteiger partial charge in [-0.25, -0.2) is 13.4 Å². The number of sulfonamides is 1. The molecule has 2 heterocycles. The van der Waals surface area contributed by atoms with E-state index in [-0.39, 0.29) is 10.8 Å². The van der Waals surface area contributed by atoms with E-state index in [2.05, 4.69) is 15.2 Å². The van der Waals surface area contributed by atoms with Crippen LogP contribution in [-0.4, -0.2) is 73.5 Å². The number of pyridine rings is 1. The predicted octanol–water partition coefficient (Wildman–Crippen LogP) is 2.05. The molecule has 0 spiro atoms. The number of thioether (sulfide) groups is 1. The van der Waals surface area contributed by atoms with Crippen molar-refractivity contribution in [1.82, 2.24) is 19.5 Å². The maximum absolute atomic E-state index is 12.8. The Balaban J connectivity index is 1.14. The van der Waals surface area contributed by atoms with E-state index in [0.29, 0.717) is 41.7 Å². The average molecular weight is 465 g/mol. The summed E-state index contributed by atoms with van der Waals surface area (Å²) in [7, 11) is -1.51. The minimum atomic E-state index is -3.51. The van der Waals surface area contributed by atoms with E-state index in [4.69, 9.17) is 0 Å². The predicted molar refractivity (Wildman–Crippen MR) is 120 cm³/mol. The van der Waals surface area contributed by atoms with Crippen LogP contribution in [0.5, 0.6) is 0 Å². The van der Waals surface area contributed by atoms with Crippen molar-refractivity contribution in [3.63, 3.8) is 0 Å². The molecule has 1 amide bonds. The molecule has 1 aliphatic heterocycles. The van der Waals surface area contributed by atoms with Gasteiger partial charge in [0.2, 0.25) is 15.9 Å².